The number of amides is 1. The highest BCUT2D eigenvalue weighted by Gasteiger charge is 2.44. The van der Waals surface area contributed by atoms with Crippen molar-refractivity contribution in [3.8, 4) is 0 Å². The number of rotatable bonds is 1. The van der Waals surface area contributed by atoms with E-state index in [4.69, 9.17) is 4.42 Å². The SMILES string of the molecule is Cc1c(C(=O)N2CCC3(CC2)Nc2ccccc2S(=O)(=O)N3)oc2ccccc12. The van der Waals surface area contributed by atoms with Gasteiger partial charge >= 0.3 is 0 Å². The number of piperidine rings is 1. The number of para-hydroxylation sites is 2. The molecule has 2 aliphatic rings. The Balaban J connectivity index is 1.38. The maximum absolute atomic E-state index is 13.1. The molecule has 150 valence electrons. The quantitative estimate of drug-likeness (QED) is 0.642. The minimum atomic E-state index is -3.60. The van der Waals surface area contributed by atoms with E-state index in [-0.39, 0.29) is 10.8 Å². The van der Waals surface area contributed by atoms with Gasteiger partial charge in [0.1, 0.15) is 16.1 Å². The molecule has 8 heteroatoms. The number of anilines is 1. The van der Waals surface area contributed by atoms with Crippen LogP contribution in [0.4, 0.5) is 5.69 Å². The summed E-state index contributed by atoms with van der Waals surface area (Å²) >= 11 is 0. The predicted octanol–water partition coefficient (Wildman–Crippen LogP) is 3.08. The highest BCUT2D eigenvalue weighted by atomic mass is 32.2. The molecular weight excluding hydrogens is 390 g/mol. The van der Waals surface area contributed by atoms with Crippen LogP contribution in [-0.4, -0.2) is 38.0 Å². The van der Waals surface area contributed by atoms with Crippen molar-refractivity contribution in [2.75, 3.05) is 18.4 Å². The Kier molecular flexibility index (Phi) is 3.97. The Morgan fingerprint density at radius 1 is 1.07 bits per heavy atom. The van der Waals surface area contributed by atoms with E-state index in [0.29, 0.717) is 43.0 Å². The molecule has 0 bridgehead atoms. The van der Waals surface area contributed by atoms with Crippen LogP contribution in [0, 0.1) is 6.92 Å². The number of carbonyl (C=O) groups is 1. The molecule has 1 aromatic heterocycles. The van der Waals surface area contributed by atoms with Gasteiger partial charge in [-0.25, -0.2) is 8.42 Å². The molecule has 5 rings (SSSR count). The van der Waals surface area contributed by atoms with Crippen LogP contribution in [0.15, 0.2) is 57.8 Å². The summed E-state index contributed by atoms with van der Waals surface area (Å²) in [5.74, 6) is 0.192. The van der Waals surface area contributed by atoms with Crippen molar-refractivity contribution in [3.63, 3.8) is 0 Å². The fraction of sp³-hybridized carbons (Fsp3) is 0.286. The lowest BCUT2D eigenvalue weighted by molar-refractivity contribution is 0.0645. The molecule has 0 unspecified atom stereocenters. The summed E-state index contributed by atoms with van der Waals surface area (Å²) in [5, 5.41) is 4.28. The Labute approximate surface area is 168 Å². The molecule has 0 atom stereocenters. The summed E-state index contributed by atoms with van der Waals surface area (Å²) < 4.78 is 34.0. The van der Waals surface area contributed by atoms with E-state index in [1.165, 1.54) is 0 Å². The molecule has 1 fully saturated rings. The van der Waals surface area contributed by atoms with Crippen molar-refractivity contribution in [1.82, 2.24) is 9.62 Å². The van der Waals surface area contributed by atoms with Crippen LogP contribution >= 0.6 is 0 Å². The lowest BCUT2D eigenvalue weighted by Crippen LogP contribution is -2.62. The summed E-state index contributed by atoms with van der Waals surface area (Å²) in [6.07, 6.45) is 0.928. The smallest absolute Gasteiger partial charge is 0.289 e. The lowest BCUT2D eigenvalue weighted by atomic mass is 9.96. The van der Waals surface area contributed by atoms with Crippen LogP contribution < -0.4 is 10.0 Å². The molecule has 3 aromatic rings. The number of nitrogens with zero attached hydrogens (tertiary/aromatic N) is 1. The molecular formula is C21H21N3O4S. The summed E-state index contributed by atoms with van der Waals surface area (Å²) in [6.45, 7) is 2.73. The molecule has 29 heavy (non-hydrogen) atoms. The third-order valence-electron chi connectivity index (χ3n) is 5.82. The molecule has 0 radical (unpaired) electrons. The van der Waals surface area contributed by atoms with Gasteiger partial charge in [0, 0.05) is 36.9 Å². The number of hydrogen-bond donors (Lipinski definition) is 2. The molecule has 7 nitrogen and oxygen atoms in total. The zero-order chi connectivity index (χ0) is 20.2. The van der Waals surface area contributed by atoms with Crippen molar-refractivity contribution in [2.24, 2.45) is 0 Å². The Morgan fingerprint density at radius 2 is 1.76 bits per heavy atom. The van der Waals surface area contributed by atoms with Crippen LogP contribution in [0.1, 0.15) is 29.0 Å². The van der Waals surface area contributed by atoms with E-state index < -0.39 is 15.7 Å². The second kappa shape index (κ2) is 6.33. The summed E-state index contributed by atoms with van der Waals surface area (Å²) in [4.78, 5) is 15.0. The first kappa shape index (κ1) is 18.2. The third-order valence-corrected chi connectivity index (χ3v) is 7.42. The number of fused-ring (bicyclic) bond motifs is 2. The minimum Gasteiger partial charge on any atom is -0.451 e. The van der Waals surface area contributed by atoms with Crippen LogP contribution in [0.3, 0.4) is 0 Å². The first-order valence-corrected chi connectivity index (χ1v) is 11.1. The monoisotopic (exact) mass is 411 g/mol. The van der Waals surface area contributed by atoms with E-state index in [0.717, 1.165) is 10.9 Å². The van der Waals surface area contributed by atoms with E-state index in [2.05, 4.69) is 10.0 Å². The Bertz CT molecular complexity index is 1220. The topological polar surface area (TPSA) is 91.7 Å². The van der Waals surface area contributed by atoms with E-state index in [1.807, 2.05) is 37.3 Å². The van der Waals surface area contributed by atoms with E-state index in [1.54, 1.807) is 23.1 Å². The second-order valence-corrected chi connectivity index (χ2v) is 9.30. The van der Waals surface area contributed by atoms with Gasteiger partial charge in [0.2, 0.25) is 10.0 Å². The number of benzene rings is 2. The molecule has 1 spiro atoms. The van der Waals surface area contributed by atoms with Crippen molar-refractivity contribution < 1.29 is 17.6 Å². The van der Waals surface area contributed by atoms with Gasteiger partial charge in [0.15, 0.2) is 5.76 Å². The van der Waals surface area contributed by atoms with Gasteiger partial charge in [-0.05, 0) is 25.1 Å². The minimum absolute atomic E-state index is 0.160. The number of aryl methyl sites for hydroxylation is 1. The van der Waals surface area contributed by atoms with E-state index >= 15 is 0 Å². The number of carbonyl (C=O) groups excluding carboxylic acids is 1. The van der Waals surface area contributed by atoms with Crippen molar-refractivity contribution in [2.45, 2.75) is 30.3 Å². The van der Waals surface area contributed by atoms with Gasteiger partial charge in [-0.1, -0.05) is 30.3 Å². The number of likely N-dealkylation sites (tertiary alicyclic amines) is 1. The Hall–Kier alpha value is -2.84. The van der Waals surface area contributed by atoms with Crippen molar-refractivity contribution in [1.29, 1.82) is 0 Å². The highest BCUT2D eigenvalue weighted by Crippen LogP contribution is 2.35. The standard InChI is InChI=1S/C21H21N3O4S/c1-14-15-6-2-4-8-17(15)28-19(14)20(25)24-12-10-21(11-13-24)22-16-7-3-5-9-18(16)29(26,27)23-21/h2-9,22-23H,10-13H2,1H3. The number of nitrogens with one attached hydrogen (secondary N) is 2. The van der Waals surface area contributed by atoms with Gasteiger partial charge in [0.25, 0.3) is 5.91 Å². The van der Waals surface area contributed by atoms with Gasteiger partial charge < -0.3 is 14.6 Å². The maximum atomic E-state index is 13.1. The van der Waals surface area contributed by atoms with Crippen molar-refractivity contribution in [3.05, 3.63) is 59.9 Å². The lowest BCUT2D eigenvalue weighted by Gasteiger charge is -2.45. The van der Waals surface area contributed by atoms with Crippen LogP contribution in [0.2, 0.25) is 0 Å². The summed E-state index contributed by atoms with van der Waals surface area (Å²) in [7, 11) is -3.60. The molecule has 2 aliphatic heterocycles. The molecule has 0 aliphatic carbocycles. The fourth-order valence-corrected chi connectivity index (χ4v) is 5.79. The zero-order valence-corrected chi connectivity index (χ0v) is 16.8. The normalized spacial score (nSPS) is 19.7. The highest BCUT2D eigenvalue weighted by molar-refractivity contribution is 7.89. The van der Waals surface area contributed by atoms with Gasteiger partial charge in [-0.15, -0.1) is 0 Å². The number of sulfonamides is 1. The average molecular weight is 411 g/mol. The predicted molar refractivity (Wildman–Crippen MR) is 109 cm³/mol. The average Bonchev–Trinajstić information content (AvgIpc) is 3.04. The van der Waals surface area contributed by atoms with Crippen molar-refractivity contribution >= 4 is 32.6 Å². The van der Waals surface area contributed by atoms with E-state index in [9.17, 15) is 13.2 Å². The molecule has 2 aromatic carbocycles. The largest absolute Gasteiger partial charge is 0.451 e. The molecule has 1 amide bonds. The van der Waals surface area contributed by atoms with Gasteiger partial charge in [-0.2, -0.15) is 4.72 Å². The molecule has 0 saturated carbocycles. The number of furan rings is 1. The molecule has 1 saturated heterocycles. The third kappa shape index (κ3) is 2.90. The number of hydrogen-bond acceptors (Lipinski definition) is 5. The first-order chi connectivity index (χ1) is 13.9. The summed E-state index contributed by atoms with van der Waals surface area (Å²) in [6, 6.07) is 14.4. The zero-order valence-electron chi connectivity index (χ0n) is 15.9. The second-order valence-electron chi connectivity index (χ2n) is 7.65. The molecule has 2 N–H and O–H groups in total. The van der Waals surface area contributed by atoms with Crippen LogP contribution in [0.25, 0.3) is 11.0 Å². The van der Waals surface area contributed by atoms with Crippen LogP contribution in [0.5, 0.6) is 0 Å². The van der Waals surface area contributed by atoms with Gasteiger partial charge in [0.05, 0.1) is 5.69 Å². The fourth-order valence-electron chi connectivity index (χ4n) is 4.24. The maximum Gasteiger partial charge on any atom is 0.289 e. The van der Waals surface area contributed by atoms with Crippen LogP contribution in [-0.2, 0) is 10.0 Å². The van der Waals surface area contributed by atoms with Gasteiger partial charge in [-0.3, -0.25) is 4.79 Å². The molecule has 3 heterocycles. The Morgan fingerprint density at radius 3 is 2.52 bits per heavy atom. The summed E-state index contributed by atoms with van der Waals surface area (Å²) in [5.41, 5.74) is 1.34. The first-order valence-electron chi connectivity index (χ1n) is 9.57.